The molecule has 0 N–H and O–H groups in total. The number of carbonyl (C=O) groups excluding carboxylic acids is 2. The van der Waals surface area contributed by atoms with Crippen LogP contribution < -0.4 is 4.90 Å². The molecule has 0 saturated carbocycles. The van der Waals surface area contributed by atoms with Gasteiger partial charge in [-0.05, 0) is 37.5 Å². The third-order valence-corrected chi connectivity index (χ3v) is 5.52. The summed E-state index contributed by atoms with van der Waals surface area (Å²) in [6.07, 6.45) is 3.37. The number of ether oxygens (including phenoxy) is 1. The van der Waals surface area contributed by atoms with Gasteiger partial charge in [-0.3, -0.25) is 9.78 Å². The molecule has 0 fully saturated rings. The Morgan fingerprint density at radius 2 is 1.70 bits per heavy atom. The molecule has 174 valence electrons. The number of esters is 1. The molecule has 1 aromatic heterocycles. The lowest BCUT2D eigenvalue weighted by molar-refractivity contribution is -0.129. The fraction of sp³-hybridized carbons (Fsp3) is 0.370. The fourth-order valence-corrected chi connectivity index (χ4v) is 3.94. The number of fused-ring (bicyclic) bond motifs is 1. The van der Waals surface area contributed by atoms with E-state index < -0.39 is 5.97 Å². The maximum atomic E-state index is 13.1. The summed E-state index contributed by atoms with van der Waals surface area (Å²) in [6, 6.07) is 15.5. The third kappa shape index (κ3) is 6.09. The van der Waals surface area contributed by atoms with Crippen LogP contribution >= 0.6 is 0 Å². The smallest absolute Gasteiger partial charge is 0.342 e. The maximum Gasteiger partial charge on any atom is 0.342 e. The predicted octanol–water partition coefficient (Wildman–Crippen LogP) is 4.99. The summed E-state index contributed by atoms with van der Waals surface area (Å²) in [6.45, 7) is 7.93. The van der Waals surface area contributed by atoms with Gasteiger partial charge in [0.05, 0.1) is 17.7 Å². The number of benzene rings is 2. The van der Waals surface area contributed by atoms with Gasteiger partial charge in [0.15, 0.2) is 0 Å². The number of pyridine rings is 1. The average Bonchev–Trinajstić information content (AvgIpc) is 2.82. The van der Waals surface area contributed by atoms with Crippen molar-refractivity contribution in [2.45, 2.75) is 40.2 Å². The van der Waals surface area contributed by atoms with Crippen molar-refractivity contribution in [1.82, 2.24) is 9.88 Å². The molecule has 33 heavy (non-hydrogen) atoms. The maximum absolute atomic E-state index is 13.1. The van der Waals surface area contributed by atoms with Gasteiger partial charge in [-0.1, -0.05) is 55.8 Å². The van der Waals surface area contributed by atoms with Crippen molar-refractivity contribution < 1.29 is 14.3 Å². The molecule has 1 heterocycles. The van der Waals surface area contributed by atoms with E-state index in [1.165, 1.54) is 0 Å². The van der Waals surface area contributed by atoms with Crippen molar-refractivity contribution in [2.75, 3.05) is 31.6 Å². The summed E-state index contributed by atoms with van der Waals surface area (Å²) in [5.74, 6) is -0.412. The van der Waals surface area contributed by atoms with Gasteiger partial charge >= 0.3 is 5.97 Å². The molecule has 0 unspecified atom stereocenters. The topological polar surface area (TPSA) is 62.7 Å². The Balaban J connectivity index is 1.94. The second-order valence-corrected chi connectivity index (χ2v) is 8.34. The number of aromatic nitrogens is 1. The Morgan fingerprint density at radius 3 is 2.36 bits per heavy atom. The molecule has 6 heteroatoms. The van der Waals surface area contributed by atoms with Crippen LogP contribution in [0.1, 0.15) is 48.2 Å². The molecule has 0 spiro atoms. The highest BCUT2D eigenvalue weighted by Crippen LogP contribution is 2.30. The van der Waals surface area contributed by atoms with E-state index in [1.54, 1.807) is 6.20 Å². The van der Waals surface area contributed by atoms with Crippen LogP contribution in [0.15, 0.2) is 54.7 Å². The largest absolute Gasteiger partial charge is 0.457 e. The normalized spacial score (nSPS) is 10.8. The fourth-order valence-electron chi connectivity index (χ4n) is 3.94. The summed E-state index contributed by atoms with van der Waals surface area (Å²) in [5.41, 5.74) is 3.77. The van der Waals surface area contributed by atoms with Crippen molar-refractivity contribution in [3.8, 4) is 0 Å². The zero-order chi connectivity index (χ0) is 23.8. The summed E-state index contributed by atoms with van der Waals surface area (Å²) >= 11 is 0. The zero-order valence-electron chi connectivity index (χ0n) is 20.0. The number of nitrogens with zero attached hydrogens (tertiary/aromatic N) is 3. The third-order valence-electron chi connectivity index (χ3n) is 5.52. The quantitative estimate of drug-likeness (QED) is 0.410. The number of aryl methyl sites for hydroxylation is 1. The molecular weight excluding hydrogens is 414 g/mol. The average molecular weight is 448 g/mol. The van der Waals surface area contributed by atoms with Gasteiger partial charge in [0.2, 0.25) is 5.91 Å². The van der Waals surface area contributed by atoms with Crippen molar-refractivity contribution in [3.05, 3.63) is 71.4 Å². The molecule has 0 aliphatic rings. The molecule has 0 bridgehead atoms. The van der Waals surface area contributed by atoms with Crippen LogP contribution in [0.4, 0.5) is 5.69 Å². The lowest BCUT2D eigenvalue weighted by Crippen LogP contribution is -2.40. The Morgan fingerprint density at radius 1 is 1.00 bits per heavy atom. The zero-order valence-corrected chi connectivity index (χ0v) is 20.0. The predicted molar refractivity (Wildman–Crippen MR) is 132 cm³/mol. The Bertz CT molecular complexity index is 1090. The molecule has 0 saturated heterocycles. The lowest BCUT2D eigenvalue weighted by Gasteiger charge is -2.27. The standard InChI is InChI=1S/C27H33N3O3/c1-5-14-30(15-6-2)25(31)18-29(4)26-22-16-20(3)12-13-24(22)28-17-23(26)27(32)33-19-21-10-8-7-9-11-21/h7-13,16-17H,5-6,14-15,18-19H2,1-4H3. The number of rotatable bonds is 10. The summed E-state index contributed by atoms with van der Waals surface area (Å²) in [4.78, 5) is 34.4. The van der Waals surface area contributed by atoms with E-state index >= 15 is 0 Å². The number of carbonyl (C=O) groups is 2. The molecule has 0 aliphatic carbocycles. The molecule has 0 aliphatic heterocycles. The molecule has 3 rings (SSSR count). The summed E-state index contributed by atoms with van der Waals surface area (Å²) in [7, 11) is 1.85. The van der Waals surface area contributed by atoms with Crippen molar-refractivity contribution >= 4 is 28.5 Å². The highest BCUT2D eigenvalue weighted by atomic mass is 16.5. The monoisotopic (exact) mass is 447 g/mol. The Hall–Kier alpha value is -3.41. The van der Waals surface area contributed by atoms with Crippen LogP contribution in [0, 0.1) is 6.92 Å². The number of hydrogen-bond acceptors (Lipinski definition) is 5. The van der Waals surface area contributed by atoms with E-state index in [4.69, 9.17) is 4.74 Å². The van der Waals surface area contributed by atoms with Gasteiger partial charge in [0.25, 0.3) is 0 Å². The van der Waals surface area contributed by atoms with Crippen LogP contribution in [0.2, 0.25) is 0 Å². The van der Waals surface area contributed by atoms with Crippen molar-refractivity contribution in [1.29, 1.82) is 0 Å². The first-order valence-electron chi connectivity index (χ1n) is 11.5. The summed E-state index contributed by atoms with van der Waals surface area (Å²) < 4.78 is 5.61. The van der Waals surface area contributed by atoms with Crippen molar-refractivity contribution in [2.24, 2.45) is 0 Å². The van der Waals surface area contributed by atoms with Crippen LogP contribution in [0.3, 0.4) is 0 Å². The SMILES string of the molecule is CCCN(CCC)C(=O)CN(C)c1c(C(=O)OCc2ccccc2)cnc2ccc(C)cc12. The van der Waals surface area contributed by atoms with Gasteiger partial charge in [-0.25, -0.2) is 4.79 Å². The first-order chi connectivity index (χ1) is 15.9. The first kappa shape index (κ1) is 24.2. The number of amides is 1. The van der Waals surface area contributed by atoms with Gasteiger partial charge in [0.1, 0.15) is 12.2 Å². The molecule has 0 atom stereocenters. The van der Waals surface area contributed by atoms with Gasteiger partial charge in [-0.2, -0.15) is 0 Å². The highest BCUT2D eigenvalue weighted by Gasteiger charge is 2.23. The number of hydrogen-bond donors (Lipinski definition) is 0. The second kappa shape index (κ2) is 11.5. The Kier molecular flexibility index (Phi) is 8.41. The van der Waals surface area contributed by atoms with E-state index in [0.29, 0.717) is 11.3 Å². The van der Waals surface area contributed by atoms with E-state index in [9.17, 15) is 9.59 Å². The molecule has 0 radical (unpaired) electrons. The molecule has 6 nitrogen and oxygen atoms in total. The summed E-state index contributed by atoms with van der Waals surface area (Å²) in [5, 5.41) is 0.831. The molecule has 3 aromatic rings. The van der Waals surface area contributed by atoms with E-state index in [1.807, 2.05) is 72.3 Å². The minimum absolute atomic E-state index is 0.0439. The second-order valence-electron chi connectivity index (χ2n) is 8.34. The van der Waals surface area contributed by atoms with Gasteiger partial charge < -0.3 is 14.5 Å². The van der Waals surface area contributed by atoms with Crippen LogP contribution in [-0.2, 0) is 16.1 Å². The molecule has 2 aromatic carbocycles. The van der Waals surface area contributed by atoms with Crippen molar-refractivity contribution in [3.63, 3.8) is 0 Å². The van der Waals surface area contributed by atoms with E-state index in [2.05, 4.69) is 18.8 Å². The lowest BCUT2D eigenvalue weighted by atomic mass is 10.1. The first-order valence-corrected chi connectivity index (χ1v) is 11.5. The number of likely N-dealkylation sites (N-methyl/N-ethyl adjacent to an activating group) is 1. The molecular formula is C27H33N3O3. The van der Waals surface area contributed by atoms with E-state index in [-0.39, 0.29) is 19.1 Å². The van der Waals surface area contributed by atoms with E-state index in [0.717, 1.165) is 48.0 Å². The number of anilines is 1. The van der Waals surface area contributed by atoms with Crippen LogP contribution in [0.25, 0.3) is 10.9 Å². The Labute approximate surface area is 196 Å². The highest BCUT2D eigenvalue weighted by molar-refractivity contribution is 6.06. The minimum atomic E-state index is -0.456. The van der Waals surface area contributed by atoms with Gasteiger partial charge in [0, 0.05) is 31.7 Å². The van der Waals surface area contributed by atoms with Gasteiger partial charge in [-0.15, -0.1) is 0 Å². The van der Waals surface area contributed by atoms with Crippen LogP contribution in [-0.4, -0.2) is 48.4 Å². The minimum Gasteiger partial charge on any atom is -0.457 e. The molecule has 1 amide bonds. The van der Waals surface area contributed by atoms with Crippen LogP contribution in [0.5, 0.6) is 0 Å².